The summed E-state index contributed by atoms with van der Waals surface area (Å²) in [7, 11) is -2.53. The van der Waals surface area contributed by atoms with Gasteiger partial charge in [0, 0.05) is 10.8 Å². The molecule has 0 aromatic rings. The van der Waals surface area contributed by atoms with Crippen molar-refractivity contribution in [2.24, 2.45) is 0 Å². The summed E-state index contributed by atoms with van der Waals surface area (Å²) in [6.07, 6.45) is 2.12. The molecule has 0 aromatic carbocycles. The van der Waals surface area contributed by atoms with Gasteiger partial charge in [0.1, 0.15) is 0 Å². The Hall–Kier alpha value is -0.0400. The van der Waals surface area contributed by atoms with Crippen LogP contribution >= 0.6 is 19.0 Å². The summed E-state index contributed by atoms with van der Waals surface area (Å²) in [5.74, 6) is 1.59. The van der Waals surface area contributed by atoms with Crippen molar-refractivity contribution in [2.75, 3.05) is 12.8 Å². The lowest BCUT2D eigenvalue weighted by Crippen LogP contribution is -1.99. The largest absolute Gasteiger partial charge is 0.326 e. The number of hydrogen-bond acceptors (Lipinski definition) is 2. The van der Waals surface area contributed by atoms with Gasteiger partial charge in [-0.05, 0) is 25.5 Å². The summed E-state index contributed by atoms with van der Waals surface area (Å²) in [6, 6.07) is 0. The lowest BCUT2D eigenvalue weighted by Gasteiger charge is -2.18. The molecule has 0 N–H and O–H groups in total. The first-order chi connectivity index (χ1) is 5.57. The Labute approximate surface area is 77.7 Å². The van der Waals surface area contributed by atoms with Gasteiger partial charge in [-0.15, -0.1) is 0 Å². The normalized spacial score (nSPS) is 29.6. The number of hydrogen-bond donors (Lipinski definition) is 0. The fraction of sp³-hybridized carbons (Fsp3) is 0.500. The van der Waals surface area contributed by atoms with Crippen molar-refractivity contribution < 1.29 is 9.09 Å². The van der Waals surface area contributed by atoms with Gasteiger partial charge in [0.15, 0.2) is 0 Å². The lowest BCUT2D eigenvalue weighted by atomic mass is 10.3. The van der Waals surface area contributed by atoms with Crippen molar-refractivity contribution >= 4 is 19.0 Å². The number of rotatable bonds is 2. The third-order valence-corrected chi connectivity index (χ3v) is 4.32. The van der Waals surface area contributed by atoms with E-state index < -0.39 is 7.37 Å². The molecule has 0 radical (unpaired) electrons. The van der Waals surface area contributed by atoms with Gasteiger partial charge in [0.2, 0.25) is 7.37 Å². The smallest absolute Gasteiger partial charge is 0.229 e. The first-order valence-corrected chi connectivity index (χ1v) is 6.11. The molecule has 0 aliphatic carbocycles. The highest BCUT2D eigenvalue weighted by atomic mass is 35.5. The van der Waals surface area contributed by atoms with Crippen LogP contribution in [0.3, 0.4) is 0 Å². The monoisotopic (exact) mass is 206 g/mol. The van der Waals surface area contributed by atoms with Crippen LogP contribution in [0, 0.1) is 0 Å². The van der Waals surface area contributed by atoms with E-state index in [4.69, 9.17) is 16.1 Å². The van der Waals surface area contributed by atoms with Crippen molar-refractivity contribution in [3.05, 3.63) is 22.5 Å². The molecule has 1 aliphatic rings. The zero-order valence-electron chi connectivity index (χ0n) is 7.21. The topological polar surface area (TPSA) is 26.3 Å². The Morgan fingerprint density at radius 1 is 1.75 bits per heavy atom. The van der Waals surface area contributed by atoms with Crippen LogP contribution in [0.5, 0.6) is 0 Å². The summed E-state index contributed by atoms with van der Waals surface area (Å²) in [5.41, 5.74) is 0.941. The highest BCUT2D eigenvalue weighted by Crippen LogP contribution is 2.53. The minimum absolute atomic E-state index is 0.455. The molecule has 1 aliphatic heterocycles. The molecule has 4 heteroatoms. The van der Waals surface area contributed by atoms with Crippen LogP contribution in [0.1, 0.15) is 13.8 Å². The van der Waals surface area contributed by atoms with Crippen LogP contribution in [0.2, 0.25) is 0 Å². The molecule has 12 heavy (non-hydrogen) atoms. The molecule has 2 nitrogen and oxygen atoms in total. The van der Waals surface area contributed by atoms with Gasteiger partial charge < -0.3 is 4.52 Å². The summed E-state index contributed by atoms with van der Waals surface area (Å²) in [4.78, 5) is 0. The molecule has 1 heterocycles. The van der Waals surface area contributed by atoms with Crippen molar-refractivity contribution in [3.63, 3.8) is 0 Å². The molecule has 0 saturated carbocycles. The molecule has 1 atom stereocenters. The predicted molar refractivity (Wildman–Crippen MR) is 51.8 cm³/mol. The van der Waals surface area contributed by atoms with Crippen molar-refractivity contribution in [1.29, 1.82) is 0 Å². The second-order valence-electron chi connectivity index (χ2n) is 2.75. The quantitative estimate of drug-likeness (QED) is 0.648. The zero-order valence-corrected chi connectivity index (χ0v) is 8.86. The molecule has 0 saturated heterocycles. The SMILES string of the molecule is CCOP1(=O)C=CC(Cl)=C(C)C1. The van der Waals surface area contributed by atoms with E-state index in [0.717, 1.165) is 5.57 Å². The molecule has 0 amide bonds. The number of halogens is 1. The van der Waals surface area contributed by atoms with Crippen molar-refractivity contribution in [3.8, 4) is 0 Å². The van der Waals surface area contributed by atoms with Crippen LogP contribution in [-0.2, 0) is 9.09 Å². The molecule has 0 fully saturated rings. The summed E-state index contributed by atoms with van der Waals surface area (Å²) >= 11 is 5.81. The fourth-order valence-electron chi connectivity index (χ4n) is 1.09. The van der Waals surface area contributed by atoms with Crippen molar-refractivity contribution in [2.45, 2.75) is 13.8 Å². The Morgan fingerprint density at radius 2 is 2.42 bits per heavy atom. The van der Waals surface area contributed by atoms with Crippen LogP contribution in [0.15, 0.2) is 22.5 Å². The summed E-state index contributed by atoms with van der Waals surface area (Å²) < 4.78 is 17.0. The van der Waals surface area contributed by atoms with Gasteiger partial charge in [-0.3, -0.25) is 4.57 Å². The summed E-state index contributed by atoms with van der Waals surface area (Å²) in [5, 5.41) is 0.682. The van der Waals surface area contributed by atoms with Gasteiger partial charge in [-0.25, -0.2) is 0 Å². The van der Waals surface area contributed by atoms with E-state index in [9.17, 15) is 4.57 Å². The Morgan fingerprint density at radius 3 is 2.92 bits per heavy atom. The molecule has 68 valence electrons. The van der Waals surface area contributed by atoms with Gasteiger partial charge >= 0.3 is 0 Å². The maximum absolute atomic E-state index is 11.8. The van der Waals surface area contributed by atoms with Crippen LogP contribution in [-0.4, -0.2) is 12.8 Å². The second kappa shape index (κ2) is 3.78. The molecule has 1 rings (SSSR count). The lowest BCUT2D eigenvalue weighted by molar-refractivity contribution is 0.341. The average molecular weight is 207 g/mol. The molecule has 0 aromatic heterocycles. The van der Waals surface area contributed by atoms with E-state index in [0.29, 0.717) is 17.8 Å². The third kappa shape index (κ3) is 2.22. The van der Waals surface area contributed by atoms with Gasteiger partial charge in [-0.1, -0.05) is 11.6 Å². The fourth-order valence-corrected chi connectivity index (χ4v) is 3.33. The van der Waals surface area contributed by atoms with E-state index in [1.807, 2.05) is 13.8 Å². The molecular weight excluding hydrogens is 195 g/mol. The average Bonchev–Trinajstić information content (AvgIpc) is 1.98. The van der Waals surface area contributed by atoms with Crippen molar-refractivity contribution in [1.82, 2.24) is 0 Å². The van der Waals surface area contributed by atoms with Gasteiger partial charge in [-0.2, -0.15) is 0 Å². The molecular formula is C8H12ClO2P. The maximum Gasteiger partial charge on any atom is 0.229 e. The van der Waals surface area contributed by atoms with Crippen LogP contribution in [0.25, 0.3) is 0 Å². The highest BCUT2D eigenvalue weighted by Gasteiger charge is 2.23. The Bertz CT molecular complexity index is 281. The standard InChI is InChI=1S/C8H12ClO2P/c1-3-11-12(10)5-4-8(9)7(2)6-12/h4-5H,3,6H2,1-2H3. The van der Waals surface area contributed by atoms with Gasteiger partial charge in [0.25, 0.3) is 0 Å². The van der Waals surface area contributed by atoms with E-state index in [1.54, 1.807) is 11.9 Å². The number of allylic oxidation sites excluding steroid dienone is 3. The predicted octanol–water partition coefficient (Wildman–Crippen LogP) is 3.34. The maximum atomic E-state index is 11.8. The Kier molecular flexibility index (Phi) is 3.16. The van der Waals surface area contributed by atoms with E-state index in [1.165, 1.54) is 0 Å². The summed E-state index contributed by atoms with van der Waals surface area (Å²) in [6.45, 7) is 4.19. The molecule has 1 unspecified atom stereocenters. The zero-order chi connectivity index (χ0) is 9.19. The highest BCUT2D eigenvalue weighted by molar-refractivity contribution is 7.62. The van der Waals surface area contributed by atoms with Gasteiger partial charge in [0.05, 0.1) is 12.8 Å². The van der Waals surface area contributed by atoms with E-state index >= 15 is 0 Å². The van der Waals surface area contributed by atoms with E-state index in [2.05, 4.69) is 0 Å². The van der Waals surface area contributed by atoms with Crippen LogP contribution in [0.4, 0.5) is 0 Å². The molecule has 0 bridgehead atoms. The second-order valence-corrected chi connectivity index (χ2v) is 5.48. The Balaban J connectivity index is 2.80. The third-order valence-electron chi connectivity index (χ3n) is 1.66. The first-order valence-electron chi connectivity index (χ1n) is 3.85. The minimum atomic E-state index is -2.53. The minimum Gasteiger partial charge on any atom is -0.326 e. The van der Waals surface area contributed by atoms with E-state index in [-0.39, 0.29) is 0 Å². The van der Waals surface area contributed by atoms with Crippen LogP contribution < -0.4 is 0 Å². The first kappa shape index (κ1) is 10.0. The molecule has 0 spiro atoms.